The molecule has 1 aliphatic heterocycles. The molecule has 2 aromatic rings. The Bertz CT molecular complexity index is 528. The molecule has 0 atom stereocenters. The Morgan fingerprint density at radius 1 is 0.667 bits per heavy atom. The molecule has 2 aromatic carbocycles. The third-order valence-electron chi connectivity index (χ3n) is 3.18. The van der Waals surface area contributed by atoms with Crippen molar-refractivity contribution in [1.82, 2.24) is 0 Å². The van der Waals surface area contributed by atoms with Crippen LogP contribution in [0.15, 0.2) is 85.2 Å². The summed E-state index contributed by atoms with van der Waals surface area (Å²) in [6.07, 6.45) is 7.78. The van der Waals surface area contributed by atoms with E-state index in [9.17, 15) is 0 Å². The smallest absolute Gasteiger partial charge is 0.177 e. The van der Waals surface area contributed by atoms with Gasteiger partial charge in [0.05, 0.1) is 6.26 Å². The third-order valence-corrected chi connectivity index (χ3v) is 3.18. The van der Waals surface area contributed by atoms with Crippen LogP contribution >= 0.6 is 0 Å². The van der Waals surface area contributed by atoms with Crippen LogP contribution < -0.4 is 0 Å². The molecule has 0 radical (unpaired) electrons. The number of allylic oxidation sites excluding steroid dienone is 2. The van der Waals surface area contributed by atoms with E-state index in [1.54, 1.807) is 6.26 Å². The molecule has 0 N–H and O–H groups in total. The van der Waals surface area contributed by atoms with Crippen molar-refractivity contribution < 1.29 is 4.74 Å². The van der Waals surface area contributed by atoms with Gasteiger partial charge in [0.1, 0.15) is 0 Å². The Labute approximate surface area is 107 Å². The summed E-state index contributed by atoms with van der Waals surface area (Å²) >= 11 is 0. The first-order valence-electron chi connectivity index (χ1n) is 6.05. The van der Waals surface area contributed by atoms with Gasteiger partial charge in [0.25, 0.3) is 0 Å². The summed E-state index contributed by atoms with van der Waals surface area (Å²) in [5, 5.41) is 0. The maximum absolute atomic E-state index is 5.97. The van der Waals surface area contributed by atoms with Crippen LogP contribution in [-0.4, -0.2) is 0 Å². The normalized spacial score (nSPS) is 16.2. The second-order valence-corrected chi connectivity index (χ2v) is 4.27. The van der Waals surface area contributed by atoms with Gasteiger partial charge in [-0.25, -0.2) is 0 Å². The SMILES string of the molecule is C1=COC(c2ccccc2)(c2ccccc2)C=C1. The Hall–Kier alpha value is -2.28. The van der Waals surface area contributed by atoms with Gasteiger partial charge in [-0.1, -0.05) is 66.7 Å². The van der Waals surface area contributed by atoms with Crippen molar-refractivity contribution in [2.75, 3.05) is 0 Å². The summed E-state index contributed by atoms with van der Waals surface area (Å²) in [6.45, 7) is 0. The second-order valence-electron chi connectivity index (χ2n) is 4.27. The van der Waals surface area contributed by atoms with Crippen molar-refractivity contribution in [2.45, 2.75) is 5.60 Å². The standard InChI is InChI=1S/C17H14O/c1-3-9-15(10-4-1)17(13-7-8-14-18-17)16-11-5-2-6-12-16/h1-14H. The van der Waals surface area contributed by atoms with Gasteiger partial charge < -0.3 is 4.74 Å². The van der Waals surface area contributed by atoms with Gasteiger partial charge in [-0.3, -0.25) is 0 Å². The Kier molecular flexibility index (Phi) is 2.73. The van der Waals surface area contributed by atoms with Gasteiger partial charge in [0, 0.05) is 11.1 Å². The molecule has 1 heterocycles. The minimum absolute atomic E-state index is 0.503. The fraction of sp³-hybridized carbons (Fsp3) is 0.0588. The number of hydrogen-bond acceptors (Lipinski definition) is 1. The molecule has 0 spiro atoms. The summed E-state index contributed by atoms with van der Waals surface area (Å²) in [6, 6.07) is 20.6. The number of hydrogen-bond donors (Lipinski definition) is 0. The predicted molar refractivity (Wildman–Crippen MR) is 73.0 cm³/mol. The number of ether oxygens (including phenoxy) is 1. The van der Waals surface area contributed by atoms with Crippen molar-refractivity contribution in [2.24, 2.45) is 0 Å². The number of benzene rings is 2. The molecule has 1 aliphatic rings. The van der Waals surface area contributed by atoms with E-state index in [0.29, 0.717) is 0 Å². The monoisotopic (exact) mass is 234 g/mol. The number of rotatable bonds is 2. The zero-order chi connectivity index (χ0) is 12.3. The molecule has 1 heteroatoms. The van der Waals surface area contributed by atoms with Crippen LogP contribution in [0.2, 0.25) is 0 Å². The summed E-state index contributed by atoms with van der Waals surface area (Å²) in [5.74, 6) is 0. The highest BCUT2D eigenvalue weighted by Crippen LogP contribution is 2.36. The molecule has 0 fully saturated rings. The highest BCUT2D eigenvalue weighted by molar-refractivity contribution is 5.43. The van der Waals surface area contributed by atoms with E-state index in [0.717, 1.165) is 11.1 Å². The highest BCUT2D eigenvalue weighted by Gasteiger charge is 2.33. The van der Waals surface area contributed by atoms with Crippen LogP contribution in [0.25, 0.3) is 0 Å². The molecule has 0 saturated heterocycles. The average Bonchev–Trinajstić information content (AvgIpc) is 2.50. The first kappa shape index (κ1) is 10.8. The van der Waals surface area contributed by atoms with Crippen LogP contribution in [0.5, 0.6) is 0 Å². The molecular weight excluding hydrogens is 220 g/mol. The van der Waals surface area contributed by atoms with Crippen molar-refractivity contribution >= 4 is 0 Å². The quantitative estimate of drug-likeness (QED) is 0.762. The largest absolute Gasteiger partial charge is 0.481 e. The maximum atomic E-state index is 5.97. The molecule has 0 aromatic heterocycles. The van der Waals surface area contributed by atoms with Crippen molar-refractivity contribution in [1.29, 1.82) is 0 Å². The molecule has 0 amide bonds. The molecule has 0 saturated carbocycles. The first-order chi connectivity index (χ1) is 8.92. The van der Waals surface area contributed by atoms with E-state index in [1.807, 2.05) is 48.6 Å². The molecule has 0 bridgehead atoms. The molecule has 3 rings (SSSR count). The van der Waals surface area contributed by atoms with Crippen LogP contribution in [-0.2, 0) is 10.3 Å². The summed E-state index contributed by atoms with van der Waals surface area (Å²) in [4.78, 5) is 0. The van der Waals surface area contributed by atoms with E-state index < -0.39 is 5.60 Å². The van der Waals surface area contributed by atoms with Gasteiger partial charge in [-0.05, 0) is 12.2 Å². The molecule has 18 heavy (non-hydrogen) atoms. The van der Waals surface area contributed by atoms with Crippen LogP contribution in [0.1, 0.15) is 11.1 Å². The van der Waals surface area contributed by atoms with Crippen molar-refractivity contribution in [3.63, 3.8) is 0 Å². The zero-order valence-electron chi connectivity index (χ0n) is 9.99. The van der Waals surface area contributed by atoms with E-state index >= 15 is 0 Å². The van der Waals surface area contributed by atoms with Crippen molar-refractivity contribution in [3.05, 3.63) is 96.3 Å². The lowest BCUT2D eigenvalue weighted by molar-refractivity contribution is 0.102. The minimum Gasteiger partial charge on any atom is -0.481 e. The molecular formula is C17H14O. The van der Waals surface area contributed by atoms with E-state index in [4.69, 9.17) is 4.74 Å². The lowest BCUT2D eigenvalue weighted by Crippen LogP contribution is -2.28. The lowest BCUT2D eigenvalue weighted by atomic mass is 9.85. The third kappa shape index (κ3) is 1.74. The topological polar surface area (TPSA) is 9.23 Å². The fourth-order valence-electron chi connectivity index (χ4n) is 2.29. The second kappa shape index (κ2) is 4.53. The van der Waals surface area contributed by atoms with Crippen molar-refractivity contribution in [3.8, 4) is 0 Å². The highest BCUT2D eigenvalue weighted by atomic mass is 16.5. The van der Waals surface area contributed by atoms with Crippen LogP contribution in [0.4, 0.5) is 0 Å². The summed E-state index contributed by atoms with van der Waals surface area (Å²) in [5.41, 5.74) is 1.77. The fourth-order valence-corrected chi connectivity index (χ4v) is 2.29. The van der Waals surface area contributed by atoms with Crippen LogP contribution in [0.3, 0.4) is 0 Å². The Balaban J connectivity index is 2.17. The van der Waals surface area contributed by atoms with E-state index in [1.165, 1.54) is 0 Å². The first-order valence-corrected chi connectivity index (χ1v) is 6.05. The summed E-state index contributed by atoms with van der Waals surface area (Å²) in [7, 11) is 0. The lowest BCUT2D eigenvalue weighted by Gasteiger charge is -2.32. The van der Waals surface area contributed by atoms with Gasteiger partial charge in [0.15, 0.2) is 5.60 Å². The molecule has 0 unspecified atom stereocenters. The van der Waals surface area contributed by atoms with Crippen LogP contribution in [0, 0.1) is 0 Å². The Morgan fingerprint density at radius 2 is 1.22 bits per heavy atom. The Morgan fingerprint density at radius 3 is 1.67 bits per heavy atom. The van der Waals surface area contributed by atoms with Gasteiger partial charge in [-0.15, -0.1) is 0 Å². The van der Waals surface area contributed by atoms with Gasteiger partial charge in [-0.2, -0.15) is 0 Å². The maximum Gasteiger partial charge on any atom is 0.177 e. The van der Waals surface area contributed by atoms with Gasteiger partial charge in [0.2, 0.25) is 0 Å². The van der Waals surface area contributed by atoms with E-state index in [2.05, 4.69) is 30.3 Å². The minimum atomic E-state index is -0.503. The average molecular weight is 234 g/mol. The summed E-state index contributed by atoms with van der Waals surface area (Å²) < 4.78 is 5.97. The molecule has 1 nitrogen and oxygen atoms in total. The molecule has 0 aliphatic carbocycles. The zero-order valence-corrected chi connectivity index (χ0v) is 9.99. The molecule has 88 valence electrons. The van der Waals surface area contributed by atoms with E-state index in [-0.39, 0.29) is 0 Å². The van der Waals surface area contributed by atoms with Gasteiger partial charge >= 0.3 is 0 Å². The predicted octanol–water partition coefficient (Wildman–Crippen LogP) is 4.03.